The van der Waals surface area contributed by atoms with Crippen molar-refractivity contribution in [3.8, 4) is 0 Å². The summed E-state index contributed by atoms with van der Waals surface area (Å²) in [5.74, 6) is 0.525. The van der Waals surface area contributed by atoms with E-state index < -0.39 is 0 Å². The first-order valence-corrected chi connectivity index (χ1v) is 6.96. The molecule has 0 spiro atoms. The van der Waals surface area contributed by atoms with Crippen LogP contribution >= 0.6 is 23.4 Å². The Morgan fingerprint density at radius 1 is 1.57 bits per heavy atom. The van der Waals surface area contributed by atoms with Gasteiger partial charge in [0.2, 0.25) is 5.91 Å². The van der Waals surface area contributed by atoms with Crippen molar-refractivity contribution in [1.82, 2.24) is 5.32 Å². The lowest BCUT2D eigenvalue weighted by atomic mass is 9.95. The van der Waals surface area contributed by atoms with Gasteiger partial charge in [-0.2, -0.15) is 11.8 Å². The first-order valence-electron chi connectivity index (χ1n) is 5.14. The molecule has 1 aliphatic rings. The van der Waals surface area contributed by atoms with Crippen molar-refractivity contribution >= 4 is 29.3 Å². The average molecular weight is 236 g/mol. The smallest absolute Gasteiger partial charge is 0.221 e. The lowest BCUT2D eigenvalue weighted by Gasteiger charge is -2.28. The number of halogens is 1. The fourth-order valence-electron chi connectivity index (χ4n) is 1.88. The molecule has 0 aromatic carbocycles. The van der Waals surface area contributed by atoms with Gasteiger partial charge in [0.05, 0.1) is 0 Å². The Bertz CT molecular complexity index is 189. The summed E-state index contributed by atoms with van der Waals surface area (Å²) in [5, 5.41) is 3.77. The van der Waals surface area contributed by atoms with E-state index in [1.807, 2.05) is 11.8 Å². The molecule has 0 bridgehead atoms. The van der Waals surface area contributed by atoms with E-state index in [4.69, 9.17) is 11.6 Å². The zero-order valence-electron chi connectivity index (χ0n) is 8.59. The number of rotatable bonds is 4. The van der Waals surface area contributed by atoms with E-state index in [1.165, 1.54) is 12.8 Å². The highest BCUT2D eigenvalue weighted by Crippen LogP contribution is 2.26. The summed E-state index contributed by atoms with van der Waals surface area (Å²) in [7, 11) is 0. The maximum Gasteiger partial charge on any atom is 0.221 e. The maximum absolute atomic E-state index is 11.3. The summed E-state index contributed by atoms with van der Waals surface area (Å²) in [6.45, 7) is 0. The van der Waals surface area contributed by atoms with Crippen LogP contribution in [0.15, 0.2) is 0 Å². The minimum atomic E-state index is 0.103. The number of hydrogen-bond donors (Lipinski definition) is 1. The van der Waals surface area contributed by atoms with Crippen molar-refractivity contribution in [2.45, 2.75) is 43.4 Å². The molecule has 1 N–H and O–H groups in total. The molecule has 1 rings (SSSR count). The van der Waals surface area contributed by atoms with Crippen LogP contribution in [0.5, 0.6) is 0 Å². The van der Waals surface area contributed by atoms with Gasteiger partial charge in [-0.05, 0) is 25.5 Å². The molecular formula is C10H18ClNOS. The molecule has 0 aromatic rings. The highest BCUT2D eigenvalue weighted by atomic mass is 35.5. The van der Waals surface area contributed by atoms with Gasteiger partial charge in [-0.15, -0.1) is 11.6 Å². The van der Waals surface area contributed by atoms with Gasteiger partial charge in [0.25, 0.3) is 0 Å². The molecule has 0 saturated heterocycles. The Morgan fingerprint density at radius 3 is 3.00 bits per heavy atom. The van der Waals surface area contributed by atoms with Crippen molar-refractivity contribution in [2.75, 3.05) is 12.1 Å². The maximum atomic E-state index is 11.3. The summed E-state index contributed by atoms with van der Waals surface area (Å²) < 4.78 is 0. The van der Waals surface area contributed by atoms with Crippen molar-refractivity contribution in [3.63, 3.8) is 0 Å². The van der Waals surface area contributed by atoms with Gasteiger partial charge in [-0.3, -0.25) is 4.79 Å². The molecule has 1 amide bonds. The van der Waals surface area contributed by atoms with E-state index in [2.05, 4.69) is 11.6 Å². The standard InChI is InChI=1S/C10H18ClNOS/c1-14-9-4-2-3-8(7-9)12-10(13)5-6-11/h8-9H,2-7H2,1H3,(H,12,13). The monoisotopic (exact) mass is 235 g/mol. The summed E-state index contributed by atoms with van der Waals surface area (Å²) in [6, 6.07) is 0.386. The second-order valence-corrected chi connectivity index (χ2v) is 5.24. The van der Waals surface area contributed by atoms with Crippen LogP contribution in [-0.2, 0) is 4.79 Å². The third-order valence-electron chi connectivity index (χ3n) is 2.65. The van der Waals surface area contributed by atoms with Crippen molar-refractivity contribution in [2.24, 2.45) is 0 Å². The number of carbonyl (C=O) groups excluding carboxylic acids is 1. The highest BCUT2D eigenvalue weighted by Gasteiger charge is 2.22. The third-order valence-corrected chi connectivity index (χ3v) is 3.93. The topological polar surface area (TPSA) is 29.1 Å². The molecule has 2 nitrogen and oxygen atoms in total. The molecule has 0 radical (unpaired) electrons. The molecule has 0 heterocycles. The quantitative estimate of drug-likeness (QED) is 0.759. The van der Waals surface area contributed by atoms with Gasteiger partial charge in [0.15, 0.2) is 0 Å². The third kappa shape index (κ3) is 4.09. The van der Waals surface area contributed by atoms with Crippen LogP contribution in [-0.4, -0.2) is 29.3 Å². The van der Waals surface area contributed by atoms with E-state index in [-0.39, 0.29) is 5.91 Å². The predicted molar refractivity (Wildman–Crippen MR) is 63.0 cm³/mol. The number of alkyl halides is 1. The van der Waals surface area contributed by atoms with E-state index in [9.17, 15) is 4.79 Å². The molecule has 2 unspecified atom stereocenters. The van der Waals surface area contributed by atoms with Gasteiger partial charge >= 0.3 is 0 Å². The van der Waals surface area contributed by atoms with Crippen LogP contribution in [0, 0.1) is 0 Å². The molecular weight excluding hydrogens is 218 g/mol. The van der Waals surface area contributed by atoms with Crippen LogP contribution in [0.2, 0.25) is 0 Å². The van der Waals surface area contributed by atoms with Crippen molar-refractivity contribution < 1.29 is 4.79 Å². The van der Waals surface area contributed by atoms with E-state index >= 15 is 0 Å². The summed E-state index contributed by atoms with van der Waals surface area (Å²) in [6.07, 6.45) is 7.37. The second kappa shape index (κ2) is 6.57. The minimum absolute atomic E-state index is 0.103. The largest absolute Gasteiger partial charge is 0.353 e. The van der Waals surface area contributed by atoms with Gasteiger partial charge < -0.3 is 5.32 Å². The second-order valence-electron chi connectivity index (χ2n) is 3.73. The molecule has 1 fully saturated rings. The molecule has 14 heavy (non-hydrogen) atoms. The zero-order valence-corrected chi connectivity index (χ0v) is 10.2. The van der Waals surface area contributed by atoms with Crippen LogP contribution in [0.25, 0.3) is 0 Å². The van der Waals surface area contributed by atoms with E-state index in [0.29, 0.717) is 18.3 Å². The zero-order chi connectivity index (χ0) is 10.4. The van der Waals surface area contributed by atoms with Crippen molar-refractivity contribution in [3.05, 3.63) is 0 Å². The SMILES string of the molecule is CSC1CCCC(NC(=O)CCCl)C1. The first kappa shape index (κ1) is 12.2. The van der Waals surface area contributed by atoms with Crippen LogP contribution in [0.4, 0.5) is 0 Å². The fourth-order valence-corrected chi connectivity index (χ4v) is 2.87. The van der Waals surface area contributed by atoms with Crippen molar-refractivity contribution in [1.29, 1.82) is 0 Å². The Morgan fingerprint density at radius 2 is 2.36 bits per heavy atom. The van der Waals surface area contributed by atoms with E-state index in [0.717, 1.165) is 18.1 Å². The van der Waals surface area contributed by atoms with Crippen LogP contribution in [0.1, 0.15) is 32.1 Å². The molecule has 4 heteroatoms. The molecule has 0 aromatic heterocycles. The normalized spacial score (nSPS) is 27.3. The van der Waals surface area contributed by atoms with Gasteiger partial charge in [-0.1, -0.05) is 6.42 Å². The fraction of sp³-hybridized carbons (Fsp3) is 0.900. The number of hydrogen-bond acceptors (Lipinski definition) is 2. The molecule has 2 atom stereocenters. The predicted octanol–water partition coefficient (Wildman–Crippen LogP) is 2.41. The minimum Gasteiger partial charge on any atom is -0.353 e. The van der Waals surface area contributed by atoms with E-state index in [1.54, 1.807) is 0 Å². The van der Waals surface area contributed by atoms with Gasteiger partial charge in [0, 0.05) is 23.6 Å². The van der Waals surface area contributed by atoms with Gasteiger partial charge in [0.1, 0.15) is 0 Å². The summed E-state index contributed by atoms with van der Waals surface area (Å²) in [5.41, 5.74) is 0. The Balaban J connectivity index is 2.26. The lowest BCUT2D eigenvalue weighted by molar-refractivity contribution is -0.121. The van der Waals surface area contributed by atoms with Gasteiger partial charge in [-0.25, -0.2) is 0 Å². The number of nitrogens with one attached hydrogen (secondary N) is 1. The first-order chi connectivity index (χ1) is 6.76. The molecule has 0 aliphatic heterocycles. The highest BCUT2D eigenvalue weighted by molar-refractivity contribution is 7.99. The average Bonchev–Trinajstić information content (AvgIpc) is 2.18. The lowest BCUT2D eigenvalue weighted by Crippen LogP contribution is -2.39. The molecule has 82 valence electrons. The van der Waals surface area contributed by atoms with Crippen LogP contribution < -0.4 is 5.32 Å². The molecule has 1 aliphatic carbocycles. The van der Waals surface area contributed by atoms with Crippen LogP contribution in [0.3, 0.4) is 0 Å². The summed E-state index contributed by atoms with van der Waals surface area (Å²) in [4.78, 5) is 11.3. The number of amides is 1. The Hall–Kier alpha value is 0.110. The Kier molecular flexibility index (Phi) is 5.71. The summed E-state index contributed by atoms with van der Waals surface area (Å²) >= 11 is 7.42. The Labute approximate surface area is 95.2 Å². The number of thioether (sulfide) groups is 1. The number of carbonyl (C=O) groups is 1. The molecule has 1 saturated carbocycles.